The van der Waals surface area contributed by atoms with Crippen LogP contribution in [-0.2, 0) is 9.59 Å². The van der Waals surface area contributed by atoms with Gasteiger partial charge in [-0.2, -0.15) is 0 Å². The van der Waals surface area contributed by atoms with Crippen molar-refractivity contribution in [2.75, 3.05) is 43.1 Å². The molecule has 0 radical (unpaired) electrons. The highest BCUT2D eigenvalue weighted by molar-refractivity contribution is 6.10. The molecule has 1 fully saturated rings. The summed E-state index contributed by atoms with van der Waals surface area (Å²) in [6, 6.07) is 13.6. The third-order valence-electron chi connectivity index (χ3n) is 5.72. The largest absolute Gasteiger partial charge is 0.486 e. The predicted molar refractivity (Wildman–Crippen MR) is 108 cm³/mol. The predicted octanol–water partition coefficient (Wildman–Crippen LogP) is 2.58. The molecule has 7 heteroatoms. The molecule has 1 unspecified atom stereocenters. The monoisotopic (exact) mass is 393 g/mol. The van der Waals surface area contributed by atoms with Gasteiger partial charge in [-0.05, 0) is 49.2 Å². The summed E-state index contributed by atoms with van der Waals surface area (Å²) >= 11 is 0. The summed E-state index contributed by atoms with van der Waals surface area (Å²) in [4.78, 5) is 29.0. The Morgan fingerprint density at radius 1 is 1.10 bits per heavy atom. The minimum absolute atomic E-state index is 0.0539. The maximum atomic E-state index is 13.1. The van der Waals surface area contributed by atoms with E-state index in [2.05, 4.69) is 16.3 Å². The molecule has 150 valence electrons. The van der Waals surface area contributed by atoms with Crippen LogP contribution < -0.4 is 19.7 Å². The number of carbonyl (C=O) groups is 2. The van der Waals surface area contributed by atoms with Crippen molar-refractivity contribution in [3.05, 3.63) is 48.0 Å². The molecule has 2 aromatic carbocycles. The number of fused-ring (bicyclic) bond motifs is 2. The number of anilines is 2. The van der Waals surface area contributed by atoms with E-state index in [-0.39, 0.29) is 30.9 Å². The molecule has 2 amide bonds. The Hall–Kier alpha value is -3.06. The van der Waals surface area contributed by atoms with E-state index < -0.39 is 0 Å². The first-order valence-corrected chi connectivity index (χ1v) is 10.0. The second kappa shape index (κ2) is 7.40. The lowest BCUT2D eigenvalue weighted by Crippen LogP contribution is -2.46. The van der Waals surface area contributed by atoms with Crippen LogP contribution in [0.15, 0.2) is 42.5 Å². The number of nitrogens with zero attached hydrogens (tertiary/aromatic N) is 2. The Kier molecular flexibility index (Phi) is 4.60. The van der Waals surface area contributed by atoms with Gasteiger partial charge in [-0.25, -0.2) is 0 Å². The minimum atomic E-state index is -0.165. The summed E-state index contributed by atoms with van der Waals surface area (Å²) in [7, 11) is 0. The number of benzene rings is 2. The van der Waals surface area contributed by atoms with Crippen LogP contribution in [0.1, 0.15) is 24.4 Å². The van der Waals surface area contributed by atoms with Crippen molar-refractivity contribution in [3.8, 4) is 11.5 Å². The van der Waals surface area contributed by atoms with E-state index >= 15 is 0 Å². The molecule has 3 heterocycles. The molecule has 29 heavy (non-hydrogen) atoms. The van der Waals surface area contributed by atoms with Crippen molar-refractivity contribution in [3.63, 3.8) is 0 Å². The van der Waals surface area contributed by atoms with Gasteiger partial charge in [0.25, 0.3) is 0 Å². The number of para-hydroxylation sites is 2. The van der Waals surface area contributed by atoms with Gasteiger partial charge in [0.05, 0.1) is 17.9 Å². The molecule has 7 nitrogen and oxygen atoms in total. The molecule has 0 bridgehead atoms. The number of hydrogen-bond acceptors (Lipinski definition) is 5. The van der Waals surface area contributed by atoms with Crippen LogP contribution >= 0.6 is 0 Å². The Bertz CT molecular complexity index is 961. The van der Waals surface area contributed by atoms with Crippen LogP contribution in [-0.4, -0.2) is 49.6 Å². The van der Waals surface area contributed by atoms with Crippen molar-refractivity contribution in [2.24, 2.45) is 0 Å². The highest BCUT2D eigenvalue weighted by Crippen LogP contribution is 2.38. The van der Waals surface area contributed by atoms with Crippen LogP contribution in [0.3, 0.4) is 0 Å². The molecule has 5 rings (SSSR count). The van der Waals surface area contributed by atoms with Gasteiger partial charge in [0.2, 0.25) is 11.8 Å². The number of hydrogen-bond donors (Lipinski definition) is 1. The maximum absolute atomic E-state index is 13.1. The average molecular weight is 393 g/mol. The van der Waals surface area contributed by atoms with Gasteiger partial charge in [0.15, 0.2) is 11.5 Å². The van der Waals surface area contributed by atoms with Crippen LogP contribution in [0.25, 0.3) is 0 Å². The third kappa shape index (κ3) is 3.42. The Balaban J connectivity index is 1.35. The molecule has 1 N–H and O–H groups in total. The van der Waals surface area contributed by atoms with Gasteiger partial charge in [-0.3, -0.25) is 19.4 Å². The van der Waals surface area contributed by atoms with E-state index in [0.29, 0.717) is 18.9 Å². The van der Waals surface area contributed by atoms with Gasteiger partial charge >= 0.3 is 0 Å². The first kappa shape index (κ1) is 18.0. The molecule has 1 atom stereocenters. The fourth-order valence-electron chi connectivity index (χ4n) is 4.37. The third-order valence-corrected chi connectivity index (χ3v) is 5.72. The normalized spacial score (nSPS) is 20.9. The molecule has 3 aliphatic rings. The first-order valence-electron chi connectivity index (χ1n) is 10.0. The van der Waals surface area contributed by atoms with Crippen molar-refractivity contribution < 1.29 is 19.1 Å². The van der Waals surface area contributed by atoms with Crippen LogP contribution in [0, 0.1) is 0 Å². The zero-order chi connectivity index (χ0) is 19.8. The van der Waals surface area contributed by atoms with Crippen molar-refractivity contribution in [1.82, 2.24) is 4.90 Å². The van der Waals surface area contributed by atoms with Crippen LogP contribution in [0.4, 0.5) is 11.4 Å². The quantitative estimate of drug-likeness (QED) is 0.868. The van der Waals surface area contributed by atoms with Gasteiger partial charge in [-0.15, -0.1) is 0 Å². The average Bonchev–Trinajstić information content (AvgIpc) is 3.20. The SMILES string of the molecule is O=C1CN(C(=O)CN2CCCC2c2ccc3c(c2)OCCO3)c2ccccc2N1. The molecular weight excluding hydrogens is 370 g/mol. The molecule has 0 aliphatic carbocycles. The van der Waals surface area contributed by atoms with Gasteiger partial charge in [0, 0.05) is 6.04 Å². The van der Waals surface area contributed by atoms with E-state index in [4.69, 9.17) is 9.47 Å². The van der Waals surface area contributed by atoms with Crippen molar-refractivity contribution >= 4 is 23.2 Å². The molecule has 0 spiro atoms. The second-order valence-corrected chi connectivity index (χ2v) is 7.58. The van der Waals surface area contributed by atoms with Crippen LogP contribution in [0.2, 0.25) is 0 Å². The molecule has 0 saturated carbocycles. The summed E-state index contributed by atoms with van der Waals surface area (Å²) in [5, 5.41) is 2.83. The smallest absolute Gasteiger partial charge is 0.244 e. The molecule has 3 aliphatic heterocycles. The van der Waals surface area contributed by atoms with Crippen molar-refractivity contribution in [1.29, 1.82) is 0 Å². The lowest BCUT2D eigenvalue weighted by atomic mass is 10.0. The van der Waals surface area contributed by atoms with E-state index in [9.17, 15) is 9.59 Å². The fraction of sp³-hybridized carbons (Fsp3) is 0.364. The highest BCUT2D eigenvalue weighted by atomic mass is 16.6. The van der Waals surface area contributed by atoms with Gasteiger partial charge in [-0.1, -0.05) is 18.2 Å². The summed E-state index contributed by atoms with van der Waals surface area (Å²) in [6.07, 6.45) is 2.02. The standard InChI is InChI=1S/C22H23N3O4/c26-21-13-25(18-5-2-1-4-16(18)23-21)22(27)14-24-9-3-6-17(24)15-7-8-19-20(12-15)29-11-10-28-19/h1-2,4-5,7-8,12,17H,3,6,9-11,13-14H2,(H,23,26). The Morgan fingerprint density at radius 3 is 2.83 bits per heavy atom. The summed E-state index contributed by atoms with van der Waals surface area (Å²) < 4.78 is 11.3. The number of carbonyl (C=O) groups excluding carboxylic acids is 2. The first-order chi connectivity index (χ1) is 14.2. The van der Waals surface area contributed by atoms with Crippen molar-refractivity contribution in [2.45, 2.75) is 18.9 Å². The van der Waals surface area contributed by atoms with Gasteiger partial charge in [0.1, 0.15) is 19.8 Å². The van der Waals surface area contributed by atoms with E-state index in [1.807, 2.05) is 36.4 Å². The number of nitrogens with one attached hydrogen (secondary N) is 1. The zero-order valence-electron chi connectivity index (χ0n) is 16.1. The zero-order valence-corrected chi connectivity index (χ0v) is 16.1. The lowest BCUT2D eigenvalue weighted by Gasteiger charge is -2.32. The maximum Gasteiger partial charge on any atom is 0.244 e. The summed E-state index contributed by atoms with van der Waals surface area (Å²) in [5.74, 6) is 1.32. The van der Waals surface area contributed by atoms with E-state index in [1.54, 1.807) is 4.90 Å². The molecule has 0 aromatic heterocycles. The summed E-state index contributed by atoms with van der Waals surface area (Å²) in [5.41, 5.74) is 2.57. The van der Waals surface area contributed by atoms with Gasteiger partial charge < -0.3 is 14.8 Å². The summed E-state index contributed by atoms with van der Waals surface area (Å²) in [6.45, 7) is 2.31. The van der Waals surface area contributed by atoms with Crippen LogP contribution in [0.5, 0.6) is 11.5 Å². The molecule has 1 saturated heterocycles. The number of ether oxygens (including phenoxy) is 2. The molecular formula is C22H23N3O4. The molecule has 2 aromatic rings. The highest BCUT2D eigenvalue weighted by Gasteiger charge is 2.32. The fourth-order valence-corrected chi connectivity index (χ4v) is 4.37. The number of amides is 2. The topological polar surface area (TPSA) is 71.1 Å². The Labute approximate surface area is 169 Å². The number of likely N-dealkylation sites (tertiary alicyclic amines) is 1. The minimum Gasteiger partial charge on any atom is -0.486 e. The second-order valence-electron chi connectivity index (χ2n) is 7.58. The lowest BCUT2D eigenvalue weighted by molar-refractivity contribution is -0.122. The van der Waals surface area contributed by atoms with E-state index in [0.717, 1.165) is 42.1 Å². The number of rotatable bonds is 3. The Morgan fingerprint density at radius 2 is 1.93 bits per heavy atom. The van der Waals surface area contributed by atoms with E-state index in [1.165, 1.54) is 0 Å².